The molecule has 124 heavy (non-hydrogen) atoms. The highest BCUT2D eigenvalue weighted by atomic mass is 15.1. The van der Waals surface area contributed by atoms with Crippen LogP contribution in [0.2, 0.25) is 0 Å². The molecule has 24 rings (SSSR count). The zero-order valence-electron chi connectivity index (χ0n) is 66.4. The first kappa shape index (κ1) is 72.0. The number of nitrogens with one attached hydrogen (secondary N) is 1. The summed E-state index contributed by atoms with van der Waals surface area (Å²) in [5.74, 6) is 5.32. The first-order chi connectivity index (χ1) is 61.4. The molecule has 0 aliphatic carbocycles. The summed E-state index contributed by atoms with van der Waals surface area (Å²) in [7, 11) is 0. The smallest absolute Gasteiger partial charge is 0.165 e. The molecular weight excluding hydrogens is 1520 g/mol. The third kappa shape index (κ3) is 13.2. The summed E-state index contributed by atoms with van der Waals surface area (Å²) in [6, 6.07) is 128. The van der Waals surface area contributed by atoms with Crippen molar-refractivity contribution in [1.82, 2.24) is 78.5 Å². The maximum atomic E-state index is 5.01. The molecule has 0 aliphatic heterocycles. The van der Waals surface area contributed by atoms with Crippen LogP contribution < -0.4 is 0 Å². The topological polar surface area (TPSA) is 185 Å². The Hall–Kier alpha value is -17.2. The van der Waals surface area contributed by atoms with Crippen LogP contribution in [-0.4, -0.2) is 78.5 Å². The van der Waals surface area contributed by atoms with Crippen molar-refractivity contribution < 1.29 is 0 Å². The standard InChI is InChI=1S/C64H40N10.C44H28N6/c1-5-17-41(18-6-1)59-67-60(42-19-7-2-8-20-42)70-63(69-59)47-33-49(39-65-37-47)73-55-27-15-13-25-51(55)53-35-45(29-31-57(53)73)46-30-32-58-54(36-46)52-26-14-16-28-56(52)74(58)50-34-48(38-66-40-50)64-71-61(43-21-9-3-10-22-43)68-62(72-64)44-23-11-4-12-24-44;1-3-11-28(12-4-1)42-47-43(29-13-5-2-6-14-29)49-44(48-42)32-23-33(27-45-26-32)50-40-18-10-8-16-35(40)37-25-31(20-22-41(37)50)30-19-21-39-36(24-30)34-15-7-9-17-38(34)46-39/h1-40H;1-27,46H. The quantitative estimate of drug-likeness (QED) is 0.109. The lowest BCUT2D eigenvalue weighted by atomic mass is 10.0. The number of nitrogens with zero attached hydrogens (tertiary/aromatic N) is 15. The van der Waals surface area contributed by atoms with Gasteiger partial charge in [0.15, 0.2) is 52.4 Å². The van der Waals surface area contributed by atoms with Gasteiger partial charge in [0.05, 0.1) is 68.8 Å². The number of pyridine rings is 3. The van der Waals surface area contributed by atoms with Gasteiger partial charge in [-0.15, -0.1) is 0 Å². The average molecular weight is 1590 g/mol. The van der Waals surface area contributed by atoms with Gasteiger partial charge in [-0.2, -0.15) is 0 Å². The molecule has 0 radical (unpaired) electrons. The number of hydrogen-bond donors (Lipinski definition) is 1. The van der Waals surface area contributed by atoms with E-state index in [1.165, 1.54) is 32.7 Å². The minimum atomic E-state index is 0.549. The lowest BCUT2D eigenvalue weighted by Crippen LogP contribution is -2.01. The molecule has 10 heterocycles. The Bertz CT molecular complexity index is 7780. The molecule has 14 aromatic carbocycles. The van der Waals surface area contributed by atoms with Gasteiger partial charge in [-0.25, -0.2) is 44.9 Å². The molecule has 16 nitrogen and oxygen atoms in total. The Balaban J connectivity index is 0.000000154. The Kier molecular flexibility index (Phi) is 17.8. The van der Waals surface area contributed by atoms with Gasteiger partial charge < -0.3 is 18.7 Å². The van der Waals surface area contributed by atoms with Gasteiger partial charge in [0, 0.05) is 123 Å². The van der Waals surface area contributed by atoms with Crippen molar-refractivity contribution in [3.05, 3.63) is 407 Å². The normalized spacial score (nSPS) is 11.5. The summed E-state index contributed by atoms with van der Waals surface area (Å²) < 4.78 is 6.84. The van der Waals surface area contributed by atoms with Crippen molar-refractivity contribution in [1.29, 1.82) is 0 Å². The highest BCUT2D eigenvalue weighted by Gasteiger charge is 2.23. The Labute approximate surface area is 710 Å². The molecule has 0 saturated heterocycles. The van der Waals surface area contributed by atoms with E-state index in [9.17, 15) is 0 Å². The van der Waals surface area contributed by atoms with Gasteiger partial charge in [-0.05, 0) is 113 Å². The minimum Gasteiger partial charge on any atom is -0.355 e. The van der Waals surface area contributed by atoms with E-state index in [0.717, 1.165) is 144 Å². The van der Waals surface area contributed by atoms with Crippen molar-refractivity contribution in [2.45, 2.75) is 0 Å². The third-order valence-corrected chi connectivity index (χ3v) is 23.0. The van der Waals surface area contributed by atoms with Crippen LogP contribution in [0.3, 0.4) is 0 Å². The van der Waals surface area contributed by atoms with Crippen LogP contribution in [0.1, 0.15) is 0 Å². The van der Waals surface area contributed by atoms with Crippen molar-refractivity contribution in [2.24, 2.45) is 0 Å². The fourth-order valence-corrected chi connectivity index (χ4v) is 17.1. The number of benzene rings is 14. The fourth-order valence-electron chi connectivity index (χ4n) is 17.1. The molecular formula is C108H68N16. The summed E-state index contributed by atoms with van der Waals surface area (Å²) in [4.78, 5) is 62.5. The zero-order chi connectivity index (χ0) is 82.0. The summed E-state index contributed by atoms with van der Waals surface area (Å²) in [6.07, 6.45) is 11.2. The Morgan fingerprint density at radius 1 is 0.153 bits per heavy atom. The summed E-state index contributed by atoms with van der Waals surface area (Å²) in [6.45, 7) is 0. The fraction of sp³-hybridized carbons (Fsp3) is 0. The van der Waals surface area contributed by atoms with Crippen LogP contribution in [0.5, 0.6) is 0 Å². The van der Waals surface area contributed by atoms with Crippen molar-refractivity contribution in [3.8, 4) is 142 Å². The maximum Gasteiger partial charge on any atom is 0.165 e. The van der Waals surface area contributed by atoms with Crippen LogP contribution in [0.15, 0.2) is 407 Å². The Morgan fingerprint density at radius 3 is 0.677 bits per heavy atom. The van der Waals surface area contributed by atoms with Crippen LogP contribution in [0, 0.1) is 0 Å². The lowest BCUT2D eigenvalue weighted by molar-refractivity contribution is 1.06. The molecule has 0 unspecified atom stereocenters. The summed E-state index contributed by atoms with van der Waals surface area (Å²) >= 11 is 0. The number of hydrogen-bond acceptors (Lipinski definition) is 12. The highest BCUT2D eigenvalue weighted by molar-refractivity contribution is 6.15. The second kappa shape index (κ2) is 30.6. The van der Waals surface area contributed by atoms with Crippen LogP contribution in [0.4, 0.5) is 0 Å². The molecule has 0 aliphatic rings. The van der Waals surface area contributed by atoms with E-state index in [4.69, 9.17) is 59.8 Å². The first-order valence-electron chi connectivity index (χ1n) is 41.0. The van der Waals surface area contributed by atoms with Gasteiger partial charge in [-0.3, -0.25) is 15.0 Å². The molecule has 0 amide bonds. The number of aromatic nitrogens is 16. The first-order valence-corrected chi connectivity index (χ1v) is 41.0. The summed E-state index contributed by atoms with van der Waals surface area (Å²) in [5.41, 5.74) is 24.0. The van der Waals surface area contributed by atoms with Gasteiger partial charge in [-0.1, -0.05) is 279 Å². The molecule has 0 spiro atoms. The molecule has 0 bridgehead atoms. The second-order valence-electron chi connectivity index (χ2n) is 30.6. The van der Waals surface area contributed by atoms with Crippen LogP contribution in [-0.2, 0) is 0 Å². The van der Waals surface area contributed by atoms with Gasteiger partial charge in [0.1, 0.15) is 0 Å². The SMILES string of the molecule is c1ccc(-c2nc(-c3ccccc3)nc(-c3cncc(-n4c5ccccc5c5cc(-c6ccc7[nH]c8ccccc8c7c6)ccc54)c3)n2)cc1.c1ccc(-c2nc(-c3ccccc3)nc(-c3cncc(-n4c5ccccc5c5cc(-c6ccc7c(c6)c6ccccc6n7-c6cncc(-c7nc(-c8ccccc8)nc(-c8ccccc8)n7)c6)ccc54)c3)n2)cc1. The number of fused-ring (bicyclic) bond motifs is 12. The maximum absolute atomic E-state index is 5.01. The molecule has 24 aromatic rings. The molecule has 1 N–H and O–H groups in total. The van der Waals surface area contributed by atoms with Gasteiger partial charge in [0.2, 0.25) is 0 Å². The number of aromatic amines is 1. The van der Waals surface area contributed by atoms with Gasteiger partial charge >= 0.3 is 0 Å². The number of rotatable bonds is 14. The minimum absolute atomic E-state index is 0.549. The van der Waals surface area contributed by atoms with Crippen molar-refractivity contribution in [3.63, 3.8) is 0 Å². The van der Waals surface area contributed by atoms with E-state index >= 15 is 0 Å². The van der Waals surface area contributed by atoms with E-state index in [0.29, 0.717) is 52.4 Å². The van der Waals surface area contributed by atoms with Crippen LogP contribution in [0.25, 0.3) is 229 Å². The van der Waals surface area contributed by atoms with E-state index in [2.05, 4.69) is 207 Å². The zero-order valence-corrected chi connectivity index (χ0v) is 66.4. The monoisotopic (exact) mass is 1590 g/mol. The predicted octanol–water partition coefficient (Wildman–Crippen LogP) is 25.4. The average Bonchev–Trinajstić information content (AvgIpc) is 1.59. The largest absolute Gasteiger partial charge is 0.355 e. The molecule has 0 fully saturated rings. The molecule has 16 heteroatoms. The molecule has 0 saturated carbocycles. The third-order valence-electron chi connectivity index (χ3n) is 23.0. The Morgan fingerprint density at radius 2 is 0.379 bits per heavy atom. The van der Waals surface area contributed by atoms with Gasteiger partial charge in [0.25, 0.3) is 0 Å². The number of para-hydroxylation sites is 4. The second-order valence-corrected chi connectivity index (χ2v) is 30.6. The molecule has 10 aromatic heterocycles. The predicted molar refractivity (Wildman–Crippen MR) is 499 cm³/mol. The molecule has 580 valence electrons. The van der Waals surface area contributed by atoms with Crippen LogP contribution >= 0.6 is 0 Å². The number of H-pyrrole nitrogens is 1. The van der Waals surface area contributed by atoms with E-state index < -0.39 is 0 Å². The molecule has 0 atom stereocenters. The van der Waals surface area contributed by atoms with Crippen molar-refractivity contribution in [2.75, 3.05) is 0 Å². The highest BCUT2D eigenvalue weighted by Crippen LogP contribution is 2.42. The van der Waals surface area contributed by atoms with E-state index in [1.807, 2.05) is 219 Å². The lowest BCUT2D eigenvalue weighted by Gasteiger charge is -2.12. The van der Waals surface area contributed by atoms with E-state index in [1.54, 1.807) is 0 Å². The summed E-state index contributed by atoms with van der Waals surface area (Å²) in [5, 5.41) is 9.38. The van der Waals surface area contributed by atoms with E-state index in [-0.39, 0.29) is 0 Å². The van der Waals surface area contributed by atoms with Crippen molar-refractivity contribution >= 4 is 87.2 Å².